The summed E-state index contributed by atoms with van der Waals surface area (Å²) in [5.74, 6) is 0.667. The van der Waals surface area contributed by atoms with E-state index in [2.05, 4.69) is 5.32 Å². The molecular weight excluding hydrogens is 317 g/mol. The normalized spacial score (nSPS) is 12.0. The van der Waals surface area contributed by atoms with Gasteiger partial charge in [-0.3, -0.25) is 0 Å². The molecule has 0 heterocycles. The van der Waals surface area contributed by atoms with Crippen molar-refractivity contribution in [1.29, 1.82) is 0 Å². The van der Waals surface area contributed by atoms with E-state index in [9.17, 15) is 0 Å². The van der Waals surface area contributed by atoms with E-state index in [1.54, 1.807) is 24.3 Å². The van der Waals surface area contributed by atoms with Crippen LogP contribution in [0, 0.1) is 0 Å². The molecule has 0 aliphatic carbocycles. The second kappa shape index (κ2) is 7.07. The molecule has 106 valence electrons. The van der Waals surface area contributed by atoms with Crippen LogP contribution in [-0.2, 0) is 0 Å². The van der Waals surface area contributed by atoms with Gasteiger partial charge in [-0.15, -0.1) is 0 Å². The standard InChI is InChI=1S/C15H14Cl3NO/c1-10(20-15-5-3-2-4-13(15)18)9-19-14-8-11(16)6-7-12(14)17/h2-8,10,19H,9H2,1H3/t10-/m0/s1. The zero-order chi connectivity index (χ0) is 14.5. The summed E-state index contributed by atoms with van der Waals surface area (Å²) in [7, 11) is 0. The lowest BCUT2D eigenvalue weighted by Gasteiger charge is -2.17. The highest BCUT2D eigenvalue weighted by Crippen LogP contribution is 2.26. The van der Waals surface area contributed by atoms with Crippen molar-refractivity contribution in [3.8, 4) is 5.75 Å². The molecule has 0 saturated carbocycles. The molecule has 0 saturated heterocycles. The van der Waals surface area contributed by atoms with Crippen LogP contribution >= 0.6 is 34.8 Å². The fourth-order valence-electron chi connectivity index (χ4n) is 1.69. The van der Waals surface area contributed by atoms with Gasteiger partial charge in [0.1, 0.15) is 11.9 Å². The van der Waals surface area contributed by atoms with Gasteiger partial charge in [-0.05, 0) is 37.3 Å². The van der Waals surface area contributed by atoms with Gasteiger partial charge >= 0.3 is 0 Å². The molecule has 2 nitrogen and oxygen atoms in total. The van der Waals surface area contributed by atoms with Crippen molar-refractivity contribution in [1.82, 2.24) is 0 Å². The van der Waals surface area contributed by atoms with Gasteiger partial charge in [-0.2, -0.15) is 0 Å². The Kier molecular flexibility index (Phi) is 5.41. The lowest BCUT2D eigenvalue weighted by molar-refractivity contribution is 0.235. The molecule has 1 atom stereocenters. The van der Waals surface area contributed by atoms with Crippen LogP contribution in [-0.4, -0.2) is 12.6 Å². The molecular formula is C15H14Cl3NO. The minimum Gasteiger partial charge on any atom is -0.487 e. The highest BCUT2D eigenvalue weighted by atomic mass is 35.5. The van der Waals surface area contributed by atoms with Crippen molar-refractivity contribution in [2.75, 3.05) is 11.9 Å². The Morgan fingerprint density at radius 3 is 2.55 bits per heavy atom. The van der Waals surface area contributed by atoms with Gasteiger partial charge < -0.3 is 10.1 Å². The quantitative estimate of drug-likeness (QED) is 0.778. The molecule has 2 rings (SSSR count). The SMILES string of the molecule is C[C@@H](CNc1cc(Cl)ccc1Cl)Oc1ccccc1Cl. The molecule has 0 unspecified atom stereocenters. The number of nitrogens with one attached hydrogen (secondary N) is 1. The molecule has 5 heteroatoms. The summed E-state index contributed by atoms with van der Waals surface area (Å²) < 4.78 is 5.77. The van der Waals surface area contributed by atoms with Crippen molar-refractivity contribution < 1.29 is 4.74 Å². The smallest absolute Gasteiger partial charge is 0.138 e. The minimum atomic E-state index is -0.0649. The van der Waals surface area contributed by atoms with Gasteiger partial charge in [0.2, 0.25) is 0 Å². The maximum Gasteiger partial charge on any atom is 0.138 e. The highest BCUT2D eigenvalue weighted by Gasteiger charge is 2.08. The summed E-state index contributed by atoms with van der Waals surface area (Å²) in [6, 6.07) is 12.7. The van der Waals surface area contributed by atoms with E-state index in [1.807, 2.05) is 25.1 Å². The summed E-state index contributed by atoms with van der Waals surface area (Å²) in [6.07, 6.45) is -0.0649. The topological polar surface area (TPSA) is 21.3 Å². The number of para-hydroxylation sites is 1. The van der Waals surface area contributed by atoms with Crippen LogP contribution in [0.15, 0.2) is 42.5 Å². The maximum atomic E-state index is 6.08. The molecule has 0 bridgehead atoms. The minimum absolute atomic E-state index is 0.0649. The average Bonchev–Trinajstić information content (AvgIpc) is 2.42. The summed E-state index contributed by atoms with van der Waals surface area (Å²) in [4.78, 5) is 0. The van der Waals surface area contributed by atoms with E-state index >= 15 is 0 Å². The van der Waals surface area contributed by atoms with Crippen molar-refractivity contribution >= 4 is 40.5 Å². The van der Waals surface area contributed by atoms with E-state index in [0.717, 1.165) is 5.69 Å². The Bertz CT molecular complexity index is 589. The molecule has 0 spiro atoms. The first-order valence-electron chi connectivity index (χ1n) is 6.16. The van der Waals surface area contributed by atoms with E-state index in [-0.39, 0.29) is 6.10 Å². The number of hydrogen-bond acceptors (Lipinski definition) is 2. The van der Waals surface area contributed by atoms with Crippen molar-refractivity contribution in [3.05, 3.63) is 57.5 Å². The van der Waals surface area contributed by atoms with Gasteiger partial charge in [0, 0.05) is 5.02 Å². The van der Waals surface area contributed by atoms with Crippen molar-refractivity contribution in [3.63, 3.8) is 0 Å². The predicted molar refractivity (Wildman–Crippen MR) is 86.5 cm³/mol. The molecule has 20 heavy (non-hydrogen) atoms. The average molecular weight is 331 g/mol. The van der Waals surface area contributed by atoms with Crippen LogP contribution in [0.25, 0.3) is 0 Å². The Morgan fingerprint density at radius 1 is 1.05 bits per heavy atom. The summed E-state index contributed by atoms with van der Waals surface area (Å²) >= 11 is 18.1. The molecule has 0 amide bonds. The third-order valence-corrected chi connectivity index (χ3v) is 3.55. The second-order valence-corrected chi connectivity index (χ2v) is 5.61. The van der Waals surface area contributed by atoms with E-state index in [1.165, 1.54) is 0 Å². The molecule has 0 fully saturated rings. The third kappa shape index (κ3) is 4.20. The highest BCUT2D eigenvalue weighted by molar-refractivity contribution is 6.35. The summed E-state index contributed by atoms with van der Waals surface area (Å²) in [5, 5.41) is 5.07. The van der Waals surface area contributed by atoms with Crippen LogP contribution in [0.4, 0.5) is 5.69 Å². The van der Waals surface area contributed by atoms with Gasteiger partial charge in [0.25, 0.3) is 0 Å². The first-order valence-corrected chi connectivity index (χ1v) is 7.30. The molecule has 0 radical (unpaired) electrons. The van der Waals surface area contributed by atoms with E-state index in [4.69, 9.17) is 39.5 Å². The predicted octanol–water partition coefficient (Wildman–Crippen LogP) is 5.53. The van der Waals surface area contributed by atoms with Crippen molar-refractivity contribution in [2.24, 2.45) is 0 Å². The fourth-order valence-corrected chi connectivity index (χ4v) is 2.22. The zero-order valence-electron chi connectivity index (χ0n) is 10.9. The van der Waals surface area contributed by atoms with E-state index < -0.39 is 0 Å². The number of ether oxygens (including phenoxy) is 1. The monoisotopic (exact) mass is 329 g/mol. The first kappa shape index (κ1) is 15.3. The van der Waals surface area contributed by atoms with E-state index in [0.29, 0.717) is 27.4 Å². The number of anilines is 1. The molecule has 0 aromatic heterocycles. The Balaban J connectivity index is 1.94. The lowest BCUT2D eigenvalue weighted by atomic mass is 10.3. The summed E-state index contributed by atoms with van der Waals surface area (Å²) in [5.41, 5.74) is 0.786. The van der Waals surface area contributed by atoms with Crippen LogP contribution < -0.4 is 10.1 Å². The molecule has 2 aromatic carbocycles. The summed E-state index contributed by atoms with van der Waals surface area (Å²) in [6.45, 7) is 2.54. The Morgan fingerprint density at radius 2 is 1.80 bits per heavy atom. The number of benzene rings is 2. The first-order chi connectivity index (χ1) is 9.56. The van der Waals surface area contributed by atoms with Crippen LogP contribution in [0.5, 0.6) is 5.75 Å². The van der Waals surface area contributed by atoms with Gasteiger partial charge in [-0.1, -0.05) is 46.9 Å². The van der Waals surface area contributed by atoms with Crippen LogP contribution in [0.2, 0.25) is 15.1 Å². The largest absolute Gasteiger partial charge is 0.487 e. The van der Waals surface area contributed by atoms with Crippen LogP contribution in [0.3, 0.4) is 0 Å². The number of halogens is 3. The number of rotatable bonds is 5. The van der Waals surface area contributed by atoms with Crippen LogP contribution in [0.1, 0.15) is 6.92 Å². The molecule has 0 aliphatic heterocycles. The lowest BCUT2D eigenvalue weighted by Crippen LogP contribution is -2.22. The molecule has 1 N–H and O–H groups in total. The fraction of sp³-hybridized carbons (Fsp3) is 0.200. The molecule has 0 aliphatic rings. The zero-order valence-corrected chi connectivity index (χ0v) is 13.1. The van der Waals surface area contributed by atoms with Gasteiger partial charge in [-0.25, -0.2) is 0 Å². The van der Waals surface area contributed by atoms with Gasteiger partial charge in [0.05, 0.1) is 22.3 Å². The molecule has 2 aromatic rings. The Labute approximate surface area is 133 Å². The Hall–Kier alpha value is -1.09. The third-order valence-electron chi connectivity index (χ3n) is 2.67. The van der Waals surface area contributed by atoms with Gasteiger partial charge in [0.15, 0.2) is 0 Å². The maximum absolute atomic E-state index is 6.08. The number of hydrogen-bond donors (Lipinski definition) is 1. The second-order valence-electron chi connectivity index (χ2n) is 4.36. The van der Waals surface area contributed by atoms with Crippen molar-refractivity contribution in [2.45, 2.75) is 13.0 Å².